The standard InChI is InChI=1S/C17H26N4O4S7/c1-10-12(15(23)18-3-5-31-32-20-11(6-22)7-26)9-29-14(10)16(24)19-2-4-30-21-13(8-27)17(25)28/h7,9,11,13,20-22,27H,2-6,8H2,1H3,(H,18,23)(H,19,24)(H,25,28)/t11-,13+/m1/s1. The fraction of sp³-hybridized carbons (Fsp3) is 0.529. The highest BCUT2D eigenvalue weighted by molar-refractivity contribution is 8.76. The summed E-state index contributed by atoms with van der Waals surface area (Å²) in [4.78, 5) is 36.5. The molecule has 32 heavy (non-hydrogen) atoms. The van der Waals surface area contributed by atoms with Crippen LogP contribution >= 0.6 is 82.5 Å². The van der Waals surface area contributed by atoms with Gasteiger partial charge >= 0.3 is 0 Å². The van der Waals surface area contributed by atoms with Gasteiger partial charge in [0.05, 0.1) is 29.1 Å². The van der Waals surface area contributed by atoms with Crippen molar-refractivity contribution in [3.8, 4) is 0 Å². The van der Waals surface area contributed by atoms with Crippen molar-refractivity contribution in [3.05, 3.63) is 21.4 Å². The summed E-state index contributed by atoms with van der Waals surface area (Å²) in [6.07, 6.45) is 0. The first-order valence-corrected chi connectivity index (χ1v) is 15.0. The first-order valence-electron chi connectivity index (χ1n) is 9.31. The quantitative estimate of drug-likeness (QED) is 0.0488. The number of thiophene rings is 1. The topological polar surface area (TPSA) is 120 Å². The van der Waals surface area contributed by atoms with E-state index in [0.29, 0.717) is 46.4 Å². The van der Waals surface area contributed by atoms with E-state index in [9.17, 15) is 14.4 Å². The van der Waals surface area contributed by atoms with E-state index in [1.807, 2.05) is 0 Å². The van der Waals surface area contributed by atoms with Gasteiger partial charge in [-0.1, -0.05) is 35.0 Å². The molecule has 0 unspecified atom stereocenters. The zero-order chi connectivity index (χ0) is 23.9. The van der Waals surface area contributed by atoms with Gasteiger partial charge in [0.25, 0.3) is 11.8 Å². The Balaban J connectivity index is 2.35. The third-order valence-electron chi connectivity index (χ3n) is 3.78. The van der Waals surface area contributed by atoms with E-state index in [1.54, 1.807) is 12.3 Å². The van der Waals surface area contributed by atoms with Crippen molar-refractivity contribution in [2.75, 3.05) is 37.0 Å². The Morgan fingerprint density at radius 2 is 1.91 bits per heavy atom. The third kappa shape index (κ3) is 11.0. The van der Waals surface area contributed by atoms with Gasteiger partial charge in [-0.2, -0.15) is 12.6 Å². The summed E-state index contributed by atoms with van der Waals surface area (Å²) in [6.45, 7) is 2.55. The molecule has 0 aromatic carbocycles. The lowest BCUT2D eigenvalue weighted by Gasteiger charge is -2.11. The van der Waals surface area contributed by atoms with Crippen LogP contribution in [-0.2, 0) is 4.79 Å². The first-order chi connectivity index (χ1) is 15.3. The summed E-state index contributed by atoms with van der Waals surface area (Å²) < 4.78 is 5.93. The number of thiocarbonyl (C=S) groups is 1. The molecule has 1 aromatic rings. The van der Waals surface area contributed by atoms with Crippen LogP contribution in [0.25, 0.3) is 0 Å². The number of thiol groups is 2. The lowest BCUT2D eigenvalue weighted by molar-refractivity contribution is -0.111. The second-order valence-corrected chi connectivity index (χ2v) is 11.2. The third-order valence-corrected chi connectivity index (χ3v) is 8.75. The summed E-state index contributed by atoms with van der Waals surface area (Å²) >= 11 is 15.2. The molecule has 0 saturated heterocycles. The Morgan fingerprint density at radius 3 is 2.53 bits per heavy atom. The van der Waals surface area contributed by atoms with Crippen LogP contribution in [0.1, 0.15) is 25.6 Å². The minimum absolute atomic E-state index is 0.0650. The highest BCUT2D eigenvalue weighted by atomic mass is 33.1. The van der Waals surface area contributed by atoms with Crippen molar-refractivity contribution in [2.45, 2.75) is 19.0 Å². The molecule has 5 N–H and O–H groups in total. The molecule has 0 aliphatic rings. The Hall–Kier alpha value is 0.0300. The summed E-state index contributed by atoms with van der Waals surface area (Å²) in [5, 5.41) is 17.5. The zero-order valence-electron chi connectivity index (χ0n) is 17.2. The molecular formula is C17H26N4O4S7. The monoisotopic (exact) mass is 574 g/mol. The average molecular weight is 575 g/mol. The van der Waals surface area contributed by atoms with Crippen LogP contribution in [0, 0.1) is 6.92 Å². The van der Waals surface area contributed by atoms with Gasteiger partial charge < -0.3 is 15.7 Å². The van der Waals surface area contributed by atoms with E-state index in [2.05, 4.69) is 45.3 Å². The van der Waals surface area contributed by atoms with Crippen LogP contribution in [0.5, 0.6) is 0 Å². The molecule has 2 atom stereocenters. The molecule has 1 aromatic heterocycles. The van der Waals surface area contributed by atoms with Crippen LogP contribution in [0.4, 0.5) is 0 Å². The second-order valence-electron chi connectivity index (χ2n) is 6.10. The summed E-state index contributed by atoms with van der Waals surface area (Å²) in [5.41, 5.74) is 1.12. The molecule has 0 aliphatic carbocycles. The first kappa shape index (κ1) is 30.1. The molecule has 180 valence electrons. The van der Waals surface area contributed by atoms with Gasteiger partial charge in [-0.05, 0) is 28.8 Å². The number of nitrogens with one attached hydrogen (secondary N) is 4. The van der Waals surface area contributed by atoms with E-state index in [1.165, 1.54) is 50.4 Å². The number of aliphatic hydroxyl groups is 1. The van der Waals surface area contributed by atoms with Crippen LogP contribution in [0.2, 0.25) is 0 Å². The Morgan fingerprint density at radius 1 is 1.22 bits per heavy atom. The number of carbonyl (C=O) groups excluding carboxylic acids is 3. The maximum absolute atomic E-state index is 12.4. The lowest BCUT2D eigenvalue weighted by atomic mass is 10.1. The summed E-state index contributed by atoms with van der Waals surface area (Å²) in [7, 11) is 2.86. The Bertz CT molecular complexity index is 765. The van der Waals surface area contributed by atoms with Crippen LogP contribution in [-0.4, -0.2) is 76.4 Å². The minimum Gasteiger partial charge on any atom is -0.394 e. The van der Waals surface area contributed by atoms with E-state index in [0.717, 1.165) is 0 Å². The van der Waals surface area contributed by atoms with Crippen molar-refractivity contribution >= 4 is 105 Å². The zero-order valence-corrected chi connectivity index (χ0v) is 23.0. The van der Waals surface area contributed by atoms with Crippen molar-refractivity contribution in [2.24, 2.45) is 0 Å². The van der Waals surface area contributed by atoms with Crippen molar-refractivity contribution in [1.29, 1.82) is 0 Å². The molecule has 15 heteroatoms. The normalized spacial score (nSPS) is 12.8. The average Bonchev–Trinajstić information content (AvgIpc) is 3.16. The second kappa shape index (κ2) is 17.5. The molecule has 2 amide bonds. The molecule has 0 saturated carbocycles. The van der Waals surface area contributed by atoms with Gasteiger partial charge in [0, 0.05) is 35.7 Å². The predicted octanol–water partition coefficient (Wildman–Crippen LogP) is 1.76. The van der Waals surface area contributed by atoms with E-state index < -0.39 is 6.04 Å². The molecule has 1 heterocycles. The van der Waals surface area contributed by atoms with Crippen molar-refractivity contribution < 1.29 is 19.5 Å². The molecule has 0 fully saturated rings. The van der Waals surface area contributed by atoms with Gasteiger partial charge in [-0.25, -0.2) is 4.72 Å². The largest absolute Gasteiger partial charge is 0.394 e. The number of hydrogen-bond donors (Lipinski definition) is 7. The number of aliphatic hydroxyl groups excluding tert-OH is 1. The van der Waals surface area contributed by atoms with Gasteiger partial charge in [-0.15, -0.1) is 24.0 Å². The highest BCUT2D eigenvalue weighted by Crippen LogP contribution is 2.22. The minimum atomic E-state index is -0.445. The van der Waals surface area contributed by atoms with Crippen molar-refractivity contribution in [1.82, 2.24) is 20.1 Å². The molecular weight excluding hydrogens is 549 g/mol. The lowest BCUT2D eigenvalue weighted by Crippen LogP contribution is -2.33. The Labute approximate surface area is 220 Å². The number of carbonyl (C=O) groups is 3. The SMILES string of the molecule is Cc1c(C(=O)NCCSSN[C@@H](C=S)CO)csc1C(=O)NCCSN[C@@H](CS)C(=O)S. The molecule has 1 rings (SSSR count). The summed E-state index contributed by atoms with van der Waals surface area (Å²) in [6, 6.07) is -0.689. The maximum Gasteiger partial charge on any atom is 0.261 e. The highest BCUT2D eigenvalue weighted by Gasteiger charge is 2.19. The smallest absolute Gasteiger partial charge is 0.261 e. The van der Waals surface area contributed by atoms with Gasteiger partial charge in [0.2, 0.25) is 5.12 Å². The molecule has 0 bridgehead atoms. The fourth-order valence-corrected chi connectivity index (χ4v) is 6.42. The van der Waals surface area contributed by atoms with Gasteiger partial charge in [0.1, 0.15) is 0 Å². The molecule has 0 spiro atoms. The molecule has 8 nitrogen and oxygen atoms in total. The van der Waals surface area contributed by atoms with E-state index >= 15 is 0 Å². The van der Waals surface area contributed by atoms with E-state index in [-0.39, 0.29) is 29.6 Å². The number of hydrogen-bond acceptors (Lipinski definition) is 12. The van der Waals surface area contributed by atoms with Gasteiger partial charge in [-0.3, -0.25) is 19.1 Å². The van der Waals surface area contributed by atoms with Crippen LogP contribution < -0.4 is 20.1 Å². The van der Waals surface area contributed by atoms with Crippen molar-refractivity contribution in [3.63, 3.8) is 0 Å². The maximum atomic E-state index is 12.4. The van der Waals surface area contributed by atoms with Gasteiger partial charge in [0.15, 0.2) is 0 Å². The summed E-state index contributed by atoms with van der Waals surface area (Å²) in [5.74, 6) is 1.10. The number of rotatable bonds is 17. The van der Waals surface area contributed by atoms with E-state index in [4.69, 9.17) is 17.3 Å². The fourth-order valence-electron chi connectivity index (χ4n) is 2.03. The van der Waals surface area contributed by atoms with Crippen LogP contribution in [0.15, 0.2) is 5.38 Å². The molecule has 0 radical (unpaired) electrons. The predicted molar refractivity (Wildman–Crippen MR) is 149 cm³/mol. The van der Waals surface area contributed by atoms with Crippen LogP contribution in [0.3, 0.4) is 0 Å². The number of amides is 2. The Kier molecular flexibility index (Phi) is 16.4. The molecule has 0 aliphatic heterocycles.